The lowest BCUT2D eigenvalue weighted by molar-refractivity contribution is -0.880. The van der Waals surface area contributed by atoms with Crippen LogP contribution in [0.1, 0.15) is 0 Å². The normalized spacial score (nSPS) is 17.0. The molecule has 0 saturated carbocycles. The molecule has 1 aliphatic heterocycles. The predicted octanol–water partition coefficient (Wildman–Crippen LogP) is 1.21. The largest absolute Gasteiger partial charge is 0.350 e. The van der Waals surface area contributed by atoms with Gasteiger partial charge in [-0.3, -0.25) is 0 Å². The lowest BCUT2D eigenvalue weighted by Gasteiger charge is -2.30. The first-order valence-corrected chi connectivity index (χ1v) is 8.00. The van der Waals surface area contributed by atoms with E-state index in [9.17, 15) is 0 Å². The number of H-pyrrole nitrogens is 1. The highest BCUT2D eigenvalue weighted by atomic mass is 79.9. The maximum absolute atomic E-state index is 4.54. The number of aromatic amines is 1. The van der Waals surface area contributed by atoms with E-state index in [0.717, 1.165) is 58.4 Å². The second-order valence-corrected chi connectivity index (χ2v) is 6.60. The molecule has 0 atom stereocenters. The Hall–Kier alpha value is -1.66. The number of quaternary nitrogens is 1. The molecule has 0 bridgehead atoms. The summed E-state index contributed by atoms with van der Waals surface area (Å²) in [6, 6.07) is 6.24. The van der Waals surface area contributed by atoms with Gasteiger partial charge < -0.3 is 14.8 Å². The van der Waals surface area contributed by atoms with Crippen LogP contribution in [0.2, 0.25) is 0 Å². The molecule has 1 saturated heterocycles. The van der Waals surface area contributed by atoms with E-state index in [1.54, 1.807) is 11.2 Å². The second kappa shape index (κ2) is 4.96. The molecule has 4 rings (SSSR count). The fourth-order valence-corrected chi connectivity index (χ4v) is 3.35. The molecule has 21 heavy (non-hydrogen) atoms. The minimum absolute atomic E-state index is 1.00. The summed E-state index contributed by atoms with van der Waals surface area (Å²) in [7, 11) is 2.24. The molecule has 1 fully saturated rings. The van der Waals surface area contributed by atoms with E-state index in [1.807, 2.05) is 6.07 Å². The molecule has 2 aromatic heterocycles. The Morgan fingerprint density at radius 2 is 2.05 bits per heavy atom. The van der Waals surface area contributed by atoms with Crippen molar-refractivity contribution in [3.8, 4) is 0 Å². The van der Waals surface area contributed by atoms with Crippen LogP contribution >= 0.6 is 15.9 Å². The Balaban J connectivity index is 1.88. The summed E-state index contributed by atoms with van der Waals surface area (Å²) in [5, 5.41) is 1.14. The number of anilines is 1. The van der Waals surface area contributed by atoms with Crippen LogP contribution in [-0.2, 0) is 0 Å². The van der Waals surface area contributed by atoms with E-state index in [4.69, 9.17) is 0 Å². The van der Waals surface area contributed by atoms with Crippen LogP contribution < -0.4 is 9.80 Å². The number of piperazine rings is 1. The predicted molar refractivity (Wildman–Crippen MR) is 87.9 cm³/mol. The highest BCUT2D eigenvalue weighted by molar-refractivity contribution is 9.10. The molecule has 0 unspecified atom stereocenters. The summed E-state index contributed by atoms with van der Waals surface area (Å²) in [6.45, 7) is 4.38. The zero-order valence-corrected chi connectivity index (χ0v) is 13.4. The van der Waals surface area contributed by atoms with Gasteiger partial charge in [0.25, 0.3) is 0 Å². The van der Waals surface area contributed by atoms with Gasteiger partial charge in [-0.05, 0) is 18.2 Å². The highest BCUT2D eigenvalue weighted by Gasteiger charge is 2.21. The van der Waals surface area contributed by atoms with Gasteiger partial charge in [-0.1, -0.05) is 15.9 Å². The van der Waals surface area contributed by atoms with Crippen molar-refractivity contribution in [3.05, 3.63) is 29.0 Å². The Labute approximate surface area is 131 Å². The Kier molecular flexibility index (Phi) is 3.08. The van der Waals surface area contributed by atoms with Gasteiger partial charge >= 0.3 is 0 Å². The van der Waals surface area contributed by atoms with E-state index < -0.39 is 0 Å². The number of nitrogens with zero attached hydrogens (tertiary/aromatic N) is 3. The monoisotopic (exact) mass is 346 g/mol. The minimum Gasteiger partial charge on any atom is -0.350 e. The van der Waals surface area contributed by atoms with E-state index in [-0.39, 0.29) is 0 Å². The van der Waals surface area contributed by atoms with Gasteiger partial charge in [0, 0.05) is 15.4 Å². The Morgan fingerprint density at radius 3 is 2.86 bits per heavy atom. The number of hydrogen-bond donors (Lipinski definition) is 2. The maximum atomic E-state index is 4.54. The average Bonchev–Trinajstić information content (AvgIpc) is 2.86. The molecule has 6 heteroatoms. The minimum atomic E-state index is 1.00. The third-order valence-electron chi connectivity index (χ3n) is 4.24. The quantitative estimate of drug-likeness (QED) is 0.696. The Morgan fingerprint density at radius 1 is 1.24 bits per heavy atom. The number of rotatable bonds is 1. The topological polar surface area (TPSA) is 49.2 Å². The van der Waals surface area contributed by atoms with E-state index >= 15 is 0 Å². The van der Waals surface area contributed by atoms with Crippen molar-refractivity contribution in [2.24, 2.45) is 0 Å². The van der Waals surface area contributed by atoms with Crippen molar-refractivity contribution in [2.75, 3.05) is 38.1 Å². The molecule has 3 aromatic rings. The summed E-state index contributed by atoms with van der Waals surface area (Å²) >= 11 is 3.53. The van der Waals surface area contributed by atoms with Crippen LogP contribution in [0, 0.1) is 0 Å². The third-order valence-corrected chi connectivity index (χ3v) is 4.73. The molecule has 3 heterocycles. The summed E-state index contributed by atoms with van der Waals surface area (Å²) in [6.07, 6.45) is 1.68. The number of benzene rings is 1. The number of hydrogen-bond acceptors (Lipinski definition) is 3. The summed E-state index contributed by atoms with van der Waals surface area (Å²) in [5.74, 6) is 1.03. The van der Waals surface area contributed by atoms with Gasteiger partial charge in [0.1, 0.15) is 17.4 Å². The molecule has 0 radical (unpaired) electrons. The van der Waals surface area contributed by atoms with Crippen LogP contribution in [-0.4, -0.2) is 48.2 Å². The lowest BCUT2D eigenvalue weighted by atomic mass is 10.2. The van der Waals surface area contributed by atoms with Crippen LogP contribution in [0.3, 0.4) is 0 Å². The molecular formula is C15H17BrN5+. The van der Waals surface area contributed by atoms with Crippen molar-refractivity contribution in [1.82, 2.24) is 15.0 Å². The summed E-state index contributed by atoms with van der Waals surface area (Å²) in [4.78, 5) is 16.5. The lowest BCUT2D eigenvalue weighted by Crippen LogP contribution is -3.12. The van der Waals surface area contributed by atoms with Crippen molar-refractivity contribution >= 4 is 43.7 Å². The van der Waals surface area contributed by atoms with Gasteiger partial charge in [0.15, 0.2) is 5.82 Å². The molecule has 2 N–H and O–H groups in total. The first-order valence-electron chi connectivity index (χ1n) is 7.20. The standard InChI is InChI=1S/C15H16BrN5/c1-20-4-6-21(7-5-20)15-14-13(17-9-18-15)11-8-10(16)2-3-12(11)19-14/h2-3,8-9,19H,4-7H2,1H3/p+1. The van der Waals surface area contributed by atoms with Gasteiger partial charge in [-0.15, -0.1) is 0 Å². The smallest absolute Gasteiger partial charge is 0.156 e. The summed E-state index contributed by atoms with van der Waals surface area (Å²) < 4.78 is 1.07. The van der Waals surface area contributed by atoms with Crippen molar-refractivity contribution in [3.63, 3.8) is 0 Å². The van der Waals surface area contributed by atoms with E-state index in [2.05, 4.69) is 55.0 Å². The molecule has 1 aromatic carbocycles. The van der Waals surface area contributed by atoms with Gasteiger partial charge in [-0.25, -0.2) is 9.97 Å². The summed E-state index contributed by atoms with van der Waals surface area (Å²) in [5.41, 5.74) is 3.16. The molecule has 1 aliphatic rings. The van der Waals surface area contributed by atoms with Crippen molar-refractivity contribution < 1.29 is 4.90 Å². The highest BCUT2D eigenvalue weighted by Crippen LogP contribution is 2.30. The van der Waals surface area contributed by atoms with E-state index in [1.165, 1.54) is 0 Å². The van der Waals surface area contributed by atoms with E-state index in [0.29, 0.717) is 0 Å². The number of fused-ring (bicyclic) bond motifs is 3. The third kappa shape index (κ3) is 2.18. The SMILES string of the molecule is C[NH+]1CCN(c2ncnc3c2[nH]c2ccc(Br)cc23)CC1. The Bertz CT molecular complexity index is 804. The molecule has 0 spiro atoms. The first-order chi connectivity index (χ1) is 10.2. The van der Waals surface area contributed by atoms with Crippen LogP contribution in [0.25, 0.3) is 21.9 Å². The first kappa shape index (κ1) is 13.0. The van der Waals surface area contributed by atoms with Crippen molar-refractivity contribution in [2.45, 2.75) is 0 Å². The molecule has 0 amide bonds. The zero-order valence-electron chi connectivity index (χ0n) is 11.9. The maximum Gasteiger partial charge on any atom is 0.156 e. The number of aromatic nitrogens is 3. The van der Waals surface area contributed by atoms with Crippen LogP contribution in [0.15, 0.2) is 29.0 Å². The number of halogens is 1. The molecule has 0 aliphatic carbocycles. The van der Waals surface area contributed by atoms with Crippen LogP contribution in [0.4, 0.5) is 5.82 Å². The zero-order chi connectivity index (χ0) is 14.4. The number of nitrogens with one attached hydrogen (secondary N) is 2. The fourth-order valence-electron chi connectivity index (χ4n) is 2.99. The van der Waals surface area contributed by atoms with Crippen LogP contribution in [0.5, 0.6) is 0 Å². The van der Waals surface area contributed by atoms with Crippen molar-refractivity contribution in [1.29, 1.82) is 0 Å². The fraction of sp³-hybridized carbons (Fsp3) is 0.333. The van der Waals surface area contributed by atoms with Gasteiger partial charge in [0.2, 0.25) is 0 Å². The number of likely N-dealkylation sites (N-methyl/N-ethyl adjacent to an activating group) is 1. The van der Waals surface area contributed by atoms with Gasteiger partial charge in [-0.2, -0.15) is 0 Å². The van der Waals surface area contributed by atoms with Gasteiger partial charge in [0.05, 0.1) is 33.2 Å². The second-order valence-electron chi connectivity index (χ2n) is 5.68. The molecule has 108 valence electrons. The molecule has 5 nitrogen and oxygen atoms in total. The average molecular weight is 347 g/mol. The molecular weight excluding hydrogens is 330 g/mol.